The highest BCUT2D eigenvalue weighted by atomic mass is 32.2. The van der Waals surface area contributed by atoms with Crippen molar-refractivity contribution in [2.45, 2.75) is 24.8 Å². The Morgan fingerprint density at radius 3 is 2.50 bits per heavy atom. The van der Waals surface area contributed by atoms with Crippen molar-refractivity contribution in [3.8, 4) is 0 Å². The van der Waals surface area contributed by atoms with Crippen LogP contribution in [0, 0.1) is 0 Å². The van der Waals surface area contributed by atoms with Crippen LogP contribution in [0.15, 0.2) is 29.2 Å². The molecule has 0 aliphatic rings. The molecular formula is C14H18N2O5S. The molecule has 2 N–H and O–H groups in total. The maximum Gasteiger partial charge on any atom is 0.340 e. The SMILES string of the molecule is CC[S@@](=O)c1ccccc1C(=O)O[C@H](C)C(=O)NC(=O)NC. The summed E-state index contributed by atoms with van der Waals surface area (Å²) in [5.74, 6) is -1.16. The van der Waals surface area contributed by atoms with E-state index in [1.165, 1.54) is 20.0 Å². The number of carbonyl (C=O) groups is 3. The molecule has 7 nitrogen and oxygen atoms in total. The van der Waals surface area contributed by atoms with Crippen LogP contribution in [0.1, 0.15) is 24.2 Å². The summed E-state index contributed by atoms with van der Waals surface area (Å²) >= 11 is 0. The van der Waals surface area contributed by atoms with Crippen molar-refractivity contribution in [2.75, 3.05) is 12.8 Å². The fourth-order valence-electron chi connectivity index (χ4n) is 1.54. The van der Waals surface area contributed by atoms with E-state index in [1.807, 2.05) is 5.32 Å². The second-order valence-corrected chi connectivity index (χ2v) is 5.95. The first-order valence-corrected chi connectivity index (χ1v) is 7.93. The molecule has 0 aliphatic carbocycles. The Labute approximate surface area is 130 Å². The third kappa shape index (κ3) is 4.66. The van der Waals surface area contributed by atoms with Gasteiger partial charge in [0.05, 0.1) is 21.3 Å². The maximum atomic E-state index is 12.1. The molecule has 1 aromatic carbocycles. The van der Waals surface area contributed by atoms with Crippen molar-refractivity contribution in [3.05, 3.63) is 29.8 Å². The van der Waals surface area contributed by atoms with Crippen LogP contribution in [0.3, 0.4) is 0 Å². The highest BCUT2D eigenvalue weighted by molar-refractivity contribution is 7.85. The van der Waals surface area contributed by atoms with Gasteiger partial charge in [0.1, 0.15) is 0 Å². The predicted molar refractivity (Wildman–Crippen MR) is 80.9 cm³/mol. The number of urea groups is 1. The number of hydrogen-bond donors (Lipinski definition) is 2. The molecule has 2 atom stereocenters. The first-order valence-electron chi connectivity index (χ1n) is 6.61. The largest absolute Gasteiger partial charge is 0.449 e. The minimum absolute atomic E-state index is 0.141. The molecule has 1 rings (SSSR count). The fourth-order valence-corrected chi connectivity index (χ4v) is 2.48. The topological polar surface area (TPSA) is 102 Å². The average Bonchev–Trinajstić information content (AvgIpc) is 2.53. The number of hydrogen-bond acceptors (Lipinski definition) is 5. The van der Waals surface area contributed by atoms with Crippen molar-refractivity contribution in [1.82, 2.24) is 10.6 Å². The highest BCUT2D eigenvalue weighted by Crippen LogP contribution is 2.15. The molecule has 0 unspecified atom stereocenters. The summed E-state index contributed by atoms with van der Waals surface area (Å²) in [4.78, 5) is 35.2. The van der Waals surface area contributed by atoms with Gasteiger partial charge in [0.15, 0.2) is 6.10 Å². The van der Waals surface area contributed by atoms with Crippen LogP contribution in [0.5, 0.6) is 0 Å². The van der Waals surface area contributed by atoms with Gasteiger partial charge >= 0.3 is 12.0 Å². The van der Waals surface area contributed by atoms with Gasteiger partial charge in [-0.25, -0.2) is 9.59 Å². The summed E-state index contributed by atoms with van der Waals surface area (Å²) in [6.45, 7) is 3.08. The van der Waals surface area contributed by atoms with Gasteiger partial charge in [-0.3, -0.25) is 14.3 Å². The molecule has 1 aromatic rings. The number of imide groups is 1. The quantitative estimate of drug-likeness (QED) is 0.780. The summed E-state index contributed by atoms with van der Waals surface area (Å²) in [5.41, 5.74) is 0.141. The molecule has 0 radical (unpaired) electrons. The van der Waals surface area contributed by atoms with E-state index in [-0.39, 0.29) is 5.56 Å². The van der Waals surface area contributed by atoms with Gasteiger partial charge in [-0.15, -0.1) is 0 Å². The van der Waals surface area contributed by atoms with Gasteiger partial charge in [-0.1, -0.05) is 19.1 Å². The number of rotatable bonds is 5. The number of amides is 3. The normalized spacial score (nSPS) is 12.9. The molecule has 22 heavy (non-hydrogen) atoms. The Morgan fingerprint density at radius 1 is 1.27 bits per heavy atom. The lowest BCUT2D eigenvalue weighted by atomic mass is 10.2. The van der Waals surface area contributed by atoms with Crippen LogP contribution < -0.4 is 10.6 Å². The summed E-state index contributed by atoms with van der Waals surface area (Å²) in [7, 11) is 0.0327. The van der Waals surface area contributed by atoms with Gasteiger partial charge < -0.3 is 10.1 Å². The average molecular weight is 326 g/mol. The zero-order valence-electron chi connectivity index (χ0n) is 12.5. The zero-order chi connectivity index (χ0) is 16.7. The van der Waals surface area contributed by atoms with Crippen LogP contribution in [0.4, 0.5) is 4.79 Å². The molecule has 0 heterocycles. The van der Waals surface area contributed by atoms with Gasteiger partial charge in [0.25, 0.3) is 5.91 Å². The standard InChI is InChI=1S/C14H18N2O5S/c1-4-22(20)11-8-6-5-7-10(11)13(18)21-9(2)12(17)16-14(19)15-3/h5-9H,4H2,1-3H3,(H2,15,16,17,19)/t9-,22-/m1/s1. The number of nitrogens with one attached hydrogen (secondary N) is 2. The third-order valence-electron chi connectivity index (χ3n) is 2.73. The zero-order valence-corrected chi connectivity index (χ0v) is 13.4. The molecule has 0 aliphatic heterocycles. The molecule has 0 saturated carbocycles. The molecule has 0 bridgehead atoms. The maximum absolute atomic E-state index is 12.1. The number of ether oxygens (including phenoxy) is 1. The second kappa shape index (κ2) is 8.28. The van der Waals surface area contributed by atoms with Crippen molar-refractivity contribution in [1.29, 1.82) is 0 Å². The Balaban J connectivity index is 2.83. The van der Waals surface area contributed by atoms with Crippen LogP contribution in [0.2, 0.25) is 0 Å². The number of carbonyl (C=O) groups excluding carboxylic acids is 3. The van der Waals surface area contributed by atoms with E-state index in [1.54, 1.807) is 25.1 Å². The van der Waals surface area contributed by atoms with Gasteiger partial charge in [0.2, 0.25) is 0 Å². The van der Waals surface area contributed by atoms with Crippen LogP contribution >= 0.6 is 0 Å². The molecule has 0 spiro atoms. The Bertz CT molecular complexity index is 603. The molecule has 0 saturated heterocycles. The first-order chi connectivity index (χ1) is 10.4. The molecule has 8 heteroatoms. The monoisotopic (exact) mass is 326 g/mol. The second-order valence-electron chi connectivity index (χ2n) is 4.25. The Morgan fingerprint density at radius 2 is 1.91 bits per heavy atom. The fraction of sp³-hybridized carbons (Fsp3) is 0.357. The summed E-state index contributed by atoms with van der Waals surface area (Å²) in [5, 5.41) is 4.22. The van der Waals surface area contributed by atoms with Crippen molar-refractivity contribution in [3.63, 3.8) is 0 Å². The Kier molecular flexibility index (Phi) is 6.71. The molecule has 120 valence electrons. The predicted octanol–water partition coefficient (Wildman–Crippen LogP) is 0.815. The van der Waals surface area contributed by atoms with E-state index < -0.39 is 34.8 Å². The van der Waals surface area contributed by atoms with Crippen LogP contribution in [-0.4, -0.2) is 41.0 Å². The smallest absolute Gasteiger partial charge is 0.340 e. The molecule has 0 aromatic heterocycles. The summed E-state index contributed by atoms with van der Waals surface area (Å²) in [6, 6.07) is 5.64. The van der Waals surface area contributed by atoms with Crippen molar-refractivity contribution >= 4 is 28.7 Å². The van der Waals surface area contributed by atoms with E-state index in [4.69, 9.17) is 4.74 Å². The number of benzene rings is 1. The molecule has 0 fully saturated rings. The van der Waals surface area contributed by atoms with Crippen molar-refractivity contribution in [2.24, 2.45) is 0 Å². The minimum atomic E-state index is -1.32. The van der Waals surface area contributed by atoms with E-state index in [2.05, 4.69) is 5.32 Å². The third-order valence-corrected chi connectivity index (χ3v) is 4.10. The highest BCUT2D eigenvalue weighted by Gasteiger charge is 2.23. The van der Waals surface area contributed by atoms with Crippen molar-refractivity contribution < 1.29 is 23.3 Å². The first kappa shape index (κ1) is 17.8. The van der Waals surface area contributed by atoms with E-state index in [0.29, 0.717) is 10.6 Å². The van der Waals surface area contributed by atoms with Gasteiger partial charge in [-0.2, -0.15) is 0 Å². The Hall–Kier alpha value is -2.22. The van der Waals surface area contributed by atoms with E-state index >= 15 is 0 Å². The minimum Gasteiger partial charge on any atom is -0.449 e. The van der Waals surface area contributed by atoms with E-state index in [0.717, 1.165) is 0 Å². The summed E-state index contributed by atoms with van der Waals surface area (Å²) < 4.78 is 16.9. The lowest BCUT2D eigenvalue weighted by Crippen LogP contribution is -2.43. The molecule has 3 amide bonds. The van der Waals surface area contributed by atoms with Crippen LogP contribution in [-0.2, 0) is 20.3 Å². The lowest BCUT2D eigenvalue weighted by Gasteiger charge is -2.14. The number of esters is 1. The van der Waals surface area contributed by atoms with Gasteiger partial charge in [-0.05, 0) is 19.1 Å². The van der Waals surface area contributed by atoms with Crippen LogP contribution in [0.25, 0.3) is 0 Å². The van der Waals surface area contributed by atoms with E-state index in [9.17, 15) is 18.6 Å². The lowest BCUT2D eigenvalue weighted by molar-refractivity contribution is -0.127. The van der Waals surface area contributed by atoms with Gasteiger partial charge in [0, 0.05) is 12.8 Å². The molecular weight excluding hydrogens is 308 g/mol. The summed E-state index contributed by atoms with van der Waals surface area (Å²) in [6.07, 6.45) is -1.16.